The summed E-state index contributed by atoms with van der Waals surface area (Å²) in [6.45, 7) is 6.92. The van der Waals surface area contributed by atoms with Crippen molar-refractivity contribution in [3.8, 4) is 17.2 Å². The number of hydrogen-bond donors (Lipinski definition) is 0. The molecule has 184 valence electrons. The Morgan fingerprint density at radius 3 is 1.85 bits per heavy atom. The standard InChI is InChI=1S/C24H26NO3.CH4O3S.CH4/c1-7-28-21-11-19-17-9-15(3)14(2)8-16(17)13-25(4)24(19)20-12-23(27-6)22(26-5)10-18(20)21;1-5(2,3)4;/h8-13H,7H2,1-6H3;1H3,(H,2,3,4);1H4/q+1;;/p-1. The molecule has 7 nitrogen and oxygen atoms in total. The van der Waals surface area contributed by atoms with Gasteiger partial charge in [0, 0.05) is 22.4 Å². The van der Waals surface area contributed by atoms with Crippen molar-refractivity contribution in [3.63, 3.8) is 0 Å². The van der Waals surface area contributed by atoms with Gasteiger partial charge < -0.3 is 18.8 Å². The van der Waals surface area contributed by atoms with Crippen molar-refractivity contribution in [3.05, 3.63) is 47.7 Å². The van der Waals surface area contributed by atoms with Crippen molar-refractivity contribution in [2.45, 2.75) is 28.2 Å². The van der Waals surface area contributed by atoms with E-state index in [1.807, 2.05) is 19.1 Å². The van der Waals surface area contributed by atoms with E-state index in [0.29, 0.717) is 24.4 Å². The lowest BCUT2D eigenvalue weighted by Gasteiger charge is -2.15. The van der Waals surface area contributed by atoms with Crippen molar-refractivity contribution < 1.29 is 31.7 Å². The molecular weight excluding hydrogens is 454 g/mol. The molecule has 8 heteroatoms. The molecule has 0 fully saturated rings. The Morgan fingerprint density at radius 1 is 0.853 bits per heavy atom. The average molecular weight is 488 g/mol. The normalized spacial score (nSPS) is 11.1. The first-order valence-corrected chi connectivity index (χ1v) is 12.3. The molecule has 1 aromatic heterocycles. The fraction of sp³-hybridized carbons (Fsp3) is 0.346. The van der Waals surface area contributed by atoms with Gasteiger partial charge in [0.25, 0.3) is 0 Å². The SMILES string of the molecule is C.CCOc1cc2c3cc(C)c(C)cc3c[n+](C)c2c2cc(OC)c(OC)cc12.CS(=O)(=O)[O-]. The Morgan fingerprint density at radius 2 is 1.32 bits per heavy atom. The third-order valence-electron chi connectivity index (χ3n) is 5.52. The van der Waals surface area contributed by atoms with Gasteiger partial charge in [-0.15, -0.1) is 0 Å². The zero-order chi connectivity index (χ0) is 24.5. The van der Waals surface area contributed by atoms with E-state index < -0.39 is 10.1 Å². The smallest absolute Gasteiger partial charge is 0.221 e. The molecule has 34 heavy (non-hydrogen) atoms. The van der Waals surface area contributed by atoms with E-state index in [2.05, 4.69) is 49.9 Å². The minimum Gasteiger partial charge on any atom is -0.748 e. The van der Waals surface area contributed by atoms with Gasteiger partial charge in [-0.1, -0.05) is 13.5 Å². The molecule has 0 aliphatic heterocycles. The first kappa shape index (κ1) is 27.1. The van der Waals surface area contributed by atoms with Crippen LogP contribution in [0.5, 0.6) is 17.2 Å². The van der Waals surface area contributed by atoms with Crippen LogP contribution < -0.4 is 18.8 Å². The Hall–Kier alpha value is -3.10. The molecule has 0 unspecified atom stereocenters. The molecule has 3 aromatic carbocycles. The number of nitrogens with zero attached hydrogens (tertiary/aromatic N) is 1. The summed E-state index contributed by atoms with van der Waals surface area (Å²) in [7, 11) is 1.50. The molecule has 0 saturated carbocycles. The summed E-state index contributed by atoms with van der Waals surface area (Å²) in [6, 6.07) is 10.7. The molecule has 0 saturated heterocycles. The fourth-order valence-electron chi connectivity index (χ4n) is 4.01. The highest BCUT2D eigenvalue weighted by molar-refractivity contribution is 7.84. The fourth-order valence-corrected chi connectivity index (χ4v) is 4.01. The molecule has 0 amide bonds. The molecule has 0 radical (unpaired) electrons. The third-order valence-corrected chi connectivity index (χ3v) is 5.52. The first-order chi connectivity index (χ1) is 15.5. The Bertz CT molecular complexity index is 1450. The summed E-state index contributed by atoms with van der Waals surface area (Å²) in [4.78, 5) is 0. The molecule has 0 N–H and O–H groups in total. The number of benzene rings is 3. The Labute approximate surface area is 201 Å². The zero-order valence-electron chi connectivity index (χ0n) is 20.0. The van der Waals surface area contributed by atoms with Gasteiger partial charge in [0.05, 0.1) is 41.7 Å². The summed E-state index contributed by atoms with van der Waals surface area (Å²) in [5, 5.41) is 5.73. The monoisotopic (exact) mass is 487 g/mol. The van der Waals surface area contributed by atoms with Gasteiger partial charge in [-0.2, -0.15) is 4.57 Å². The number of methoxy groups -OCH3 is 2. The number of ether oxygens (including phenoxy) is 3. The highest BCUT2D eigenvalue weighted by Crippen LogP contribution is 2.41. The highest BCUT2D eigenvalue weighted by Gasteiger charge is 2.21. The maximum Gasteiger partial charge on any atom is 0.221 e. The van der Waals surface area contributed by atoms with Crippen molar-refractivity contribution in [2.75, 3.05) is 27.1 Å². The minimum atomic E-state index is -3.92. The lowest BCUT2D eigenvalue weighted by Crippen LogP contribution is -2.28. The van der Waals surface area contributed by atoms with Gasteiger partial charge >= 0.3 is 0 Å². The third kappa shape index (κ3) is 5.51. The molecule has 1 heterocycles. The Kier molecular flexibility index (Phi) is 8.34. The van der Waals surface area contributed by atoms with Crippen LogP contribution in [0.4, 0.5) is 0 Å². The maximum atomic E-state index is 9.08. The predicted octanol–water partition coefficient (Wildman–Crippen LogP) is 4.80. The lowest BCUT2D eigenvalue weighted by atomic mass is 9.97. The maximum absolute atomic E-state index is 9.08. The van der Waals surface area contributed by atoms with E-state index in [-0.39, 0.29) is 7.43 Å². The largest absolute Gasteiger partial charge is 0.748 e. The van der Waals surface area contributed by atoms with Crippen LogP contribution in [-0.4, -0.2) is 40.1 Å². The van der Waals surface area contributed by atoms with Crippen LogP contribution in [0.2, 0.25) is 0 Å². The summed E-state index contributed by atoms with van der Waals surface area (Å²) >= 11 is 0. The summed E-state index contributed by atoms with van der Waals surface area (Å²) < 4.78 is 46.6. The predicted molar refractivity (Wildman–Crippen MR) is 136 cm³/mol. The van der Waals surface area contributed by atoms with E-state index in [1.54, 1.807) is 14.2 Å². The van der Waals surface area contributed by atoms with Crippen LogP contribution in [0.3, 0.4) is 0 Å². The van der Waals surface area contributed by atoms with Crippen molar-refractivity contribution in [1.82, 2.24) is 0 Å². The molecule has 0 bridgehead atoms. The van der Waals surface area contributed by atoms with Gasteiger partial charge in [-0.05, 0) is 56.2 Å². The van der Waals surface area contributed by atoms with Crippen LogP contribution in [0.15, 0.2) is 36.5 Å². The van der Waals surface area contributed by atoms with Crippen LogP contribution >= 0.6 is 0 Å². The lowest BCUT2D eigenvalue weighted by molar-refractivity contribution is -0.642. The number of pyridine rings is 1. The van der Waals surface area contributed by atoms with Gasteiger partial charge in [0.1, 0.15) is 12.8 Å². The molecule has 0 atom stereocenters. The Balaban J connectivity index is 0.000000619. The van der Waals surface area contributed by atoms with Gasteiger partial charge in [-0.3, -0.25) is 0 Å². The number of fused-ring (bicyclic) bond motifs is 5. The van der Waals surface area contributed by atoms with Crippen molar-refractivity contribution in [2.24, 2.45) is 7.05 Å². The zero-order valence-corrected chi connectivity index (χ0v) is 20.8. The van der Waals surface area contributed by atoms with Gasteiger partial charge in [-0.25, -0.2) is 8.42 Å². The first-order valence-electron chi connectivity index (χ1n) is 10.4. The second-order valence-corrected chi connectivity index (χ2v) is 9.33. The minimum absolute atomic E-state index is 0. The molecule has 4 rings (SSSR count). The molecule has 4 aromatic rings. The summed E-state index contributed by atoms with van der Waals surface area (Å²) in [6.07, 6.45) is 2.80. The second-order valence-electron chi connectivity index (χ2n) is 7.92. The highest BCUT2D eigenvalue weighted by atomic mass is 32.2. The number of aryl methyl sites for hydroxylation is 3. The summed E-state index contributed by atoms with van der Waals surface area (Å²) in [5.74, 6) is 2.27. The topological polar surface area (TPSA) is 88.8 Å². The molecular formula is C26H33NO6S. The number of hydrogen-bond acceptors (Lipinski definition) is 6. The van der Waals surface area contributed by atoms with Crippen LogP contribution in [-0.2, 0) is 17.2 Å². The van der Waals surface area contributed by atoms with Crippen LogP contribution in [0.1, 0.15) is 25.5 Å². The van der Waals surface area contributed by atoms with Crippen molar-refractivity contribution >= 4 is 42.6 Å². The molecule has 0 spiro atoms. The van der Waals surface area contributed by atoms with E-state index in [4.69, 9.17) is 27.2 Å². The van der Waals surface area contributed by atoms with E-state index >= 15 is 0 Å². The molecule has 0 aliphatic rings. The van der Waals surface area contributed by atoms with E-state index in [0.717, 1.165) is 22.0 Å². The number of aromatic nitrogens is 1. The molecule has 0 aliphatic carbocycles. The van der Waals surface area contributed by atoms with E-state index in [9.17, 15) is 0 Å². The van der Waals surface area contributed by atoms with E-state index in [1.165, 1.54) is 27.3 Å². The number of rotatable bonds is 4. The van der Waals surface area contributed by atoms with Crippen LogP contribution in [0, 0.1) is 13.8 Å². The van der Waals surface area contributed by atoms with Crippen molar-refractivity contribution in [1.29, 1.82) is 0 Å². The summed E-state index contributed by atoms with van der Waals surface area (Å²) in [5.41, 5.74) is 3.73. The quantitative estimate of drug-likeness (QED) is 0.233. The van der Waals surface area contributed by atoms with Gasteiger partial charge in [0.15, 0.2) is 17.7 Å². The van der Waals surface area contributed by atoms with Crippen LogP contribution in [0.25, 0.3) is 32.4 Å². The average Bonchev–Trinajstić information content (AvgIpc) is 2.73. The second kappa shape index (κ2) is 10.4. The van der Waals surface area contributed by atoms with Gasteiger partial charge in [0.2, 0.25) is 5.52 Å².